The monoisotopic (exact) mass is 420 g/mol. The fourth-order valence-electron chi connectivity index (χ4n) is 3.80. The van der Waals surface area contributed by atoms with Crippen molar-refractivity contribution in [1.29, 1.82) is 0 Å². The zero-order chi connectivity index (χ0) is 20.7. The molecule has 1 saturated heterocycles. The highest BCUT2D eigenvalue weighted by molar-refractivity contribution is 6.33. The zero-order valence-electron chi connectivity index (χ0n) is 16.5. The summed E-state index contributed by atoms with van der Waals surface area (Å²) in [4.78, 5) is 22.3. The van der Waals surface area contributed by atoms with E-state index in [-0.39, 0.29) is 5.91 Å². The van der Waals surface area contributed by atoms with Crippen molar-refractivity contribution in [2.45, 2.75) is 12.8 Å². The van der Waals surface area contributed by atoms with Gasteiger partial charge in [-0.15, -0.1) is 0 Å². The first-order chi connectivity index (χ1) is 14.6. The summed E-state index contributed by atoms with van der Waals surface area (Å²) in [6.07, 6.45) is 7.72. The first-order valence-electron chi connectivity index (χ1n) is 9.90. The lowest BCUT2D eigenvalue weighted by Gasteiger charge is -2.16. The van der Waals surface area contributed by atoms with E-state index in [2.05, 4.69) is 26.4 Å². The molecule has 1 fully saturated rings. The number of hydrogen-bond acceptors (Lipinski definition) is 4. The van der Waals surface area contributed by atoms with E-state index >= 15 is 0 Å². The van der Waals surface area contributed by atoms with Crippen molar-refractivity contribution < 1.29 is 4.79 Å². The molecule has 3 aromatic heterocycles. The lowest BCUT2D eigenvalue weighted by Crippen LogP contribution is -2.27. The van der Waals surface area contributed by atoms with Crippen LogP contribution in [0.5, 0.6) is 0 Å². The molecule has 1 aliphatic rings. The summed E-state index contributed by atoms with van der Waals surface area (Å²) in [5, 5.41) is 8.97. The number of carbonyl (C=O) groups excluding carboxylic acids is 1. The second kappa shape index (κ2) is 7.50. The van der Waals surface area contributed by atoms with Gasteiger partial charge in [-0.05, 0) is 37.1 Å². The Morgan fingerprint density at radius 3 is 2.73 bits per heavy atom. The standard InChI is InChI=1S/C22H21ClN6O/c1-28-13-16(12-25-28)19-9-15-11-24-21(10-20(15)26-19)27-18-5-4-14(8-17(18)23)22(30)29-6-2-3-7-29/h4-5,8-13,26H,2-3,6-7H2,1H3,(H,24,27). The molecular weight excluding hydrogens is 400 g/mol. The van der Waals surface area contributed by atoms with Gasteiger partial charge in [-0.3, -0.25) is 9.48 Å². The lowest BCUT2D eigenvalue weighted by atomic mass is 10.1. The van der Waals surface area contributed by atoms with Gasteiger partial charge in [0.25, 0.3) is 5.91 Å². The molecule has 4 aromatic rings. The maximum Gasteiger partial charge on any atom is 0.253 e. The Kier molecular flexibility index (Phi) is 4.67. The largest absolute Gasteiger partial charge is 0.354 e. The molecule has 0 radical (unpaired) electrons. The lowest BCUT2D eigenvalue weighted by molar-refractivity contribution is 0.0793. The van der Waals surface area contributed by atoms with Gasteiger partial charge in [-0.1, -0.05) is 11.6 Å². The fraction of sp³-hybridized carbons (Fsp3) is 0.227. The number of aromatic nitrogens is 4. The molecule has 0 atom stereocenters. The number of pyridine rings is 1. The van der Waals surface area contributed by atoms with E-state index in [0.29, 0.717) is 22.1 Å². The van der Waals surface area contributed by atoms with Crippen LogP contribution in [-0.4, -0.2) is 43.6 Å². The number of rotatable bonds is 4. The van der Waals surface area contributed by atoms with Crippen LogP contribution in [0.25, 0.3) is 22.2 Å². The number of amides is 1. The average Bonchev–Trinajstić information content (AvgIpc) is 3.49. The molecule has 152 valence electrons. The van der Waals surface area contributed by atoms with E-state index in [1.807, 2.05) is 48.7 Å². The second-order valence-electron chi connectivity index (χ2n) is 7.56. The van der Waals surface area contributed by atoms with Crippen LogP contribution in [0.4, 0.5) is 11.5 Å². The van der Waals surface area contributed by atoms with E-state index < -0.39 is 0 Å². The SMILES string of the molecule is Cn1cc(-c2cc3cnc(Nc4ccc(C(=O)N5CCCC5)cc4Cl)cc3[nH]2)cn1. The molecule has 0 spiro atoms. The third-order valence-corrected chi connectivity index (χ3v) is 5.70. The number of H-pyrrole nitrogens is 1. The van der Waals surface area contributed by atoms with Gasteiger partial charge in [-0.25, -0.2) is 4.98 Å². The van der Waals surface area contributed by atoms with Gasteiger partial charge in [0.2, 0.25) is 0 Å². The molecule has 5 rings (SSSR count). The number of hydrogen-bond donors (Lipinski definition) is 2. The molecule has 2 N–H and O–H groups in total. The number of aryl methyl sites for hydroxylation is 1. The number of nitrogens with zero attached hydrogens (tertiary/aromatic N) is 4. The number of benzene rings is 1. The number of nitrogens with one attached hydrogen (secondary N) is 2. The fourth-order valence-corrected chi connectivity index (χ4v) is 4.03. The second-order valence-corrected chi connectivity index (χ2v) is 7.97. The molecule has 4 heterocycles. The molecule has 0 bridgehead atoms. The predicted molar refractivity (Wildman–Crippen MR) is 118 cm³/mol. The highest BCUT2D eigenvalue weighted by Crippen LogP contribution is 2.29. The molecule has 1 amide bonds. The van der Waals surface area contributed by atoms with Crippen LogP contribution < -0.4 is 5.32 Å². The van der Waals surface area contributed by atoms with Crippen LogP contribution in [0, 0.1) is 0 Å². The summed E-state index contributed by atoms with van der Waals surface area (Å²) in [7, 11) is 1.89. The maximum atomic E-state index is 12.6. The minimum Gasteiger partial charge on any atom is -0.354 e. The van der Waals surface area contributed by atoms with Crippen LogP contribution >= 0.6 is 11.6 Å². The van der Waals surface area contributed by atoms with Crippen molar-refractivity contribution in [3.05, 3.63) is 59.5 Å². The van der Waals surface area contributed by atoms with Gasteiger partial charge in [0.05, 0.1) is 22.4 Å². The van der Waals surface area contributed by atoms with E-state index in [4.69, 9.17) is 11.6 Å². The van der Waals surface area contributed by atoms with Gasteiger partial charge < -0.3 is 15.2 Å². The smallest absolute Gasteiger partial charge is 0.253 e. The molecule has 1 aliphatic heterocycles. The Balaban J connectivity index is 1.37. The van der Waals surface area contributed by atoms with Crippen molar-refractivity contribution in [2.75, 3.05) is 18.4 Å². The Bertz CT molecular complexity index is 1240. The van der Waals surface area contributed by atoms with Crippen LogP contribution in [0.2, 0.25) is 5.02 Å². The minimum absolute atomic E-state index is 0.0369. The van der Waals surface area contributed by atoms with Gasteiger partial charge in [-0.2, -0.15) is 5.10 Å². The van der Waals surface area contributed by atoms with E-state index in [0.717, 1.165) is 48.1 Å². The summed E-state index contributed by atoms with van der Waals surface area (Å²) >= 11 is 6.46. The summed E-state index contributed by atoms with van der Waals surface area (Å²) < 4.78 is 1.77. The number of halogens is 1. The summed E-state index contributed by atoms with van der Waals surface area (Å²) in [6, 6.07) is 9.34. The Morgan fingerprint density at radius 2 is 2.00 bits per heavy atom. The van der Waals surface area contributed by atoms with Crippen molar-refractivity contribution in [3.8, 4) is 11.3 Å². The molecule has 0 aliphatic carbocycles. The van der Waals surface area contributed by atoms with E-state index in [9.17, 15) is 4.79 Å². The van der Waals surface area contributed by atoms with Crippen LogP contribution in [0.3, 0.4) is 0 Å². The number of likely N-dealkylation sites (tertiary alicyclic amines) is 1. The molecular formula is C22H21ClN6O. The number of aromatic amines is 1. The van der Waals surface area contributed by atoms with Gasteiger partial charge >= 0.3 is 0 Å². The molecule has 1 aromatic carbocycles. The first-order valence-corrected chi connectivity index (χ1v) is 10.3. The third-order valence-electron chi connectivity index (χ3n) is 5.39. The number of anilines is 2. The van der Waals surface area contributed by atoms with Crippen molar-refractivity contribution in [2.24, 2.45) is 7.05 Å². The summed E-state index contributed by atoms with van der Waals surface area (Å²) in [5.74, 6) is 0.706. The number of fused-ring (bicyclic) bond motifs is 1. The summed E-state index contributed by atoms with van der Waals surface area (Å²) in [5.41, 5.74) is 4.29. The predicted octanol–water partition coefficient (Wildman–Crippen LogP) is 4.60. The molecule has 30 heavy (non-hydrogen) atoms. The number of carbonyl (C=O) groups is 1. The highest BCUT2D eigenvalue weighted by Gasteiger charge is 2.20. The van der Waals surface area contributed by atoms with Crippen molar-refractivity contribution in [1.82, 2.24) is 24.6 Å². The van der Waals surface area contributed by atoms with Gasteiger partial charge in [0.15, 0.2) is 0 Å². The van der Waals surface area contributed by atoms with E-state index in [1.165, 1.54) is 0 Å². The molecule has 0 unspecified atom stereocenters. The quantitative estimate of drug-likeness (QED) is 0.505. The van der Waals surface area contributed by atoms with Crippen molar-refractivity contribution in [3.63, 3.8) is 0 Å². The van der Waals surface area contributed by atoms with Crippen LogP contribution in [0.1, 0.15) is 23.2 Å². The highest BCUT2D eigenvalue weighted by atomic mass is 35.5. The average molecular weight is 421 g/mol. The Morgan fingerprint density at radius 1 is 1.17 bits per heavy atom. The van der Waals surface area contributed by atoms with Crippen LogP contribution in [0.15, 0.2) is 48.9 Å². The maximum absolute atomic E-state index is 12.6. The minimum atomic E-state index is 0.0369. The Hall–Kier alpha value is -3.32. The molecule has 7 nitrogen and oxygen atoms in total. The van der Waals surface area contributed by atoms with E-state index in [1.54, 1.807) is 10.7 Å². The first kappa shape index (κ1) is 18.7. The van der Waals surface area contributed by atoms with Gasteiger partial charge in [0.1, 0.15) is 5.82 Å². The zero-order valence-corrected chi connectivity index (χ0v) is 17.3. The Labute approximate surface area is 178 Å². The topological polar surface area (TPSA) is 78.8 Å². The van der Waals surface area contributed by atoms with Gasteiger partial charge in [0, 0.05) is 60.8 Å². The summed E-state index contributed by atoms with van der Waals surface area (Å²) in [6.45, 7) is 1.63. The molecule has 8 heteroatoms. The molecule has 0 saturated carbocycles. The van der Waals surface area contributed by atoms with Crippen molar-refractivity contribution >= 4 is 39.9 Å². The normalized spacial score (nSPS) is 13.9. The third kappa shape index (κ3) is 3.52. The van der Waals surface area contributed by atoms with Crippen LogP contribution in [-0.2, 0) is 7.05 Å².